The molecule has 0 unspecified atom stereocenters. The second-order valence-electron chi connectivity index (χ2n) is 3.53. The van der Waals surface area contributed by atoms with Gasteiger partial charge in [-0.2, -0.15) is 0 Å². The van der Waals surface area contributed by atoms with Crippen LogP contribution in [0.15, 0.2) is 0 Å². The molecule has 0 aliphatic rings. The van der Waals surface area contributed by atoms with E-state index in [9.17, 15) is 4.57 Å². The fraction of sp³-hybridized carbons (Fsp3) is 1.00. The van der Waals surface area contributed by atoms with Crippen LogP contribution in [0.1, 0.15) is 25.7 Å². The highest BCUT2D eigenvalue weighted by Gasteiger charge is 2.24. The first-order valence-corrected chi connectivity index (χ1v) is 9.85. The highest BCUT2D eigenvalue weighted by atomic mass is 35.7. The van der Waals surface area contributed by atoms with Crippen LogP contribution >= 0.6 is 87.8 Å². The Bertz CT molecular complexity index is 276. The Kier molecular flexibility index (Phi) is 10.4. The number of hydrogen-bond acceptors (Lipinski definition) is 3. The topological polar surface area (TPSA) is 35.5 Å². The summed E-state index contributed by atoms with van der Waals surface area (Å²) in [5.74, 6) is 0. The Labute approximate surface area is 147 Å². The third kappa shape index (κ3) is 16.4. The van der Waals surface area contributed by atoms with Gasteiger partial charge >= 0.3 is 6.95 Å². The van der Waals surface area contributed by atoms with Crippen LogP contribution in [0.2, 0.25) is 0 Å². The molecule has 0 fully saturated rings. The van der Waals surface area contributed by atoms with Crippen molar-refractivity contribution in [3.05, 3.63) is 0 Å². The first-order chi connectivity index (χ1) is 8.41. The smallest absolute Gasteiger partial charge is 0.297 e. The summed E-state index contributed by atoms with van der Waals surface area (Å²) in [6.45, 7) is -3.53. The van der Waals surface area contributed by atoms with Gasteiger partial charge in [0.2, 0.25) is 0 Å². The van der Waals surface area contributed by atoms with Crippen molar-refractivity contribution < 1.29 is 13.6 Å². The average Bonchev–Trinajstić information content (AvgIpc) is 2.17. The summed E-state index contributed by atoms with van der Waals surface area (Å²) >= 11 is 38.7. The summed E-state index contributed by atoms with van der Waals surface area (Å²) in [6.07, 6.45) is 1.26. The van der Waals surface area contributed by atoms with E-state index in [1.54, 1.807) is 0 Å². The van der Waals surface area contributed by atoms with Crippen molar-refractivity contribution in [2.45, 2.75) is 33.3 Å². The maximum absolute atomic E-state index is 11.6. The molecule has 0 aliphatic heterocycles. The number of rotatable bonds is 8. The van der Waals surface area contributed by atoms with Crippen molar-refractivity contribution in [1.29, 1.82) is 0 Å². The molecule has 0 aromatic rings. The molecule has 0 bridgehead atoms. The minimum absolute atomic E-state index is 0.0547. The molecular weight excluding hydrogens is 423 g/mol. The van der Waals surface area contributed by atoms with Gasteiger partial charge in [0.15, 0.2) is 7.59 Å². The quantitative estimate of drug-likeness (QED) is 0.243. The molecule has 0 amide bonds. The number of halogens is 7. The van der Waals surface area contributed by atoms with Crippen molar-refractivity contribution >= 4 is 87.8 Å². The molecular formula is C8H12Cl7O3P. The summed E-state index contributed by atoms with van der Waals surface area (Å²) in [5, 5.41) is 0. The maximum atomic E-state index is 11.6. The first-order valence-electron chi connectivity index (χ1n) is 5.14. The van der Waals surface area contributed by atoms with Crippen molar-refractivity contribution in [3.63, 3.8) is 0 Å². The van der Waals surface area contributed by atoms with E-state index in [-0.39, 0.29) is 26.1 Å². The maximum Gasteiger partial charge on any atom is 0.424 e. The molecule has 3 nitrogen and oxygen atoms in total. The molecule has 11 heteroatoms. The van der Waals surface area contributed by atoms with E-state index in [0.29, 0.717) is 12.8 Å². The predicted molar refractivity (Wildman–Crippen MR) is 84.4 cm³/mol. The second-order valence-corrected chi connectivity index (χ2v) is 11.2. The normalized spacial score (nSPS) is 13.8. The Hall–Kier alpha value is 2.18. The number of alkyl halides is 6. The Morgan fingerprint density at radius 2 is 1.11 bits per heavy atom. The van der Waals surface area contributed by atoms with Gasteiger partial charge in [0.1, 0.15) is 0 Å². The molecule has 0 atom stereocenters. The molecule has 0 saturated heterocycles. The van der Waals surface area contributed by atoms with Crippen LogP contribution in [0.25, 0.3) is 0 Å². The molecule has 0 aliphatic carbocycles. The fourth-order valence-electron chi connectivity index (χ4n) is 0.930. The summed E-state index contributed by atoms with van der Waals surface area (Å²) < 4.78 is 18.6. The SMILES string of the molecule is O=P(Cl)(OCCCC(Cl)(Cl)Cl)OCCCC(Cl)(Cl)Cl. The minimum Gasteiger partial charge on any atom is -0.297 e. The van der Waals surface area contributed by atoms with Crippen LogP contribution in [0, 0.1) is 0 Å². The van der Waals surface area contributed by atoms with E-state index in [1.165, 1.54) is 0 Å². The molecule has 0 heterocycles. The van der Waals surface area contributed by atoms with E-state index in [0.717, 1.165) is 0 Å². The molecule has 0 aromatic carbocycles. The van der Waals surface area contributed by atoms with Crippen LogP contribution in [-0.2, 0) is 13.6 Å². The van der Waals surface area contributed by atoms with Gasteiger partial charge < -0.3 is 0 Å². The Balaban J connectivity index is 3.72. The highest BCUT2D eigenvalue weighted by molar-refractivity contribution is 7.81. The lowest BCUT2D eigenvalue weighted by Crippen LogP contribution is -2.05. The monoisotopic (exact) mass is 432 g/mol. The third-order valence-corrected chi connectivity index (χ3v) is 4.40. The zero-order valence-corrected chi connectivity index (χ0v) is 15.7. The van der Waals surface area contributed by atoms with Gasteiger partial charge in [-0.15, -0.1) is 0 Å². The first kappa shape index (κ1) is 21.2. The van der Waals surface area contributed by atoms with Crippen LogP contribution in [0.4, 0.5) is 0 Å². The molecule has 19 heavy (non-hydrogen) atoms. The standard InChI is InChI=1S/C8H12Cl7O3P/c9-7(10,11)3-1-5-17-19(15,16)18-6-2-4-8(12,13)14/h1-6H2. The largest absolute Gasteiger partial charge is 0.424 e. The van der Waals surface area contributed by atoms with Crippen molar-refractivity contribution in [1.82, 2.24) is 0 Å². The van der Waals surface area contributed by atoms with Gasteiger partial charge in [0.05, 0.1) is 13.2 Å². The summed E-state index contributed by atoms with van der Waals surface area (Å²) in [4.78, 5) is 0. The van der Waals surface area contributed by atoms with Crippen LogP contribution in [0.5, 0.6) is 0 Å². The predicted octanol–water partition coefficient (Wildman–Crippen LogP) is 6.67. The Morgan fingerprint density at radius 1 is 0.789 bits per heavy atom. The minimum atomic E-state index is -3.64. The summed E-state index contributed by atoms with van der Waals surface area (Å²) in [5.41, 5.74) is 0. The van der Waals surface area contributed by atoms with Gasteiger partial charge in [-0.3, -0.25) is 9.05 Å². The summed E-state index contributed by atoms with van der Waals surface area (Å²) in [7, 11) is 0. The molecule has 0 aromatic heterocycles. The molecule has 0 rings (SSSR count). The zero-order valence-electron chi connectivity index (χ0n) is 9.56. The van der Waals surface area contributed by atoms with E-state index in [1.807, 2.05) is 0 Å². The van der Waals surface area contributed by atoms with Crippen molar-refractivity contribution in [2.75, 3.05) is 13.2 Å². The van der Waals surface area contributed by atoms with Crippen molar-refractivity contribution in [2.24, 2.45) is 0 Å². The van der Waals surface area contributed by atoms with Gasteiger partial charge in [-0.25, -0.2) is 4.57 Å². The van der Waals surface area contributed by atoms with E-state index < -0.39 is 14.5 Å². The average molecular weight is 435 g/mol. The molecule has 116 valence electrons. The lowest BCUT2D eigenvalue weighted by atomic mass is 10.3. The molecule has 0 radical (unpaired) electrons. The van der Waals surface area contributed by atoms with Crippen LogP contribution in [0.3, 0.4) is 0 Å². The van der Waals surface area contributed by atoms with E-state index in [2.05, 4.69) is 0 Å². The Morgan fingerprint density at radius 3 is 1.37 bits per heavy atom. The lowest BCUT2D eigenvalue weighted by molar-refractivity contribution is 0.212. The van der Waals surface area contributed by atoms with Crippen LogP contribution in [-0.4, -0.2) is 20.8 Å². The van der Waals surface area contributed by atoms with E-state index >= 15 is 0 Å². The van der Waals surface area contributed by atoms with Gasteiger partial charge in [-0.1, -0.05) is 69.6 Å². The van der Waals surface area contributed by atoms with Gasteiger partial charge in [0, 0.05) is 11.2 Å². The van der Waals surface area contributed by atoms with Gasteiger partial charge in [0.25, 0.3) is 0 Å². The van der Waals surface area contributed by atoms with E-state index in [4.69, 9.17) is 89.9 Å². The fourth-order valence-corrected chi connectivity index (χ4v) is 2.91. The van der Waals surface area contributed by atoms with Crippen LogP contribution < -0.4 is 0 Å². The lowest BCUT2D eigenvalue weighted by Gasteiger charge is -2.14. The molecule has 0 spiro atoms. The highest BCUT2D eigenvalue weighted by Crippen LogP contribution is 2.54. The van der Waals surface area contributed by atoms with Gasteiger partial charge in [-0.05, 0) is 25.7 Å². The molecule has 0 saturated carbocycles. The second kappa shape index (κ2) is 9.35. The third-order valence-electron chi connectivity index (χ3n) is 1.70. The van der Waals surface area contributed by atoms with Crippen molar-refractivity contribution in [3.8, 4) is 0 Å². The summed E-state index contributed by atoms with van der Waals surface area (Å²) in [6, 6.07) is 0. The zero-order chi connectivity index (χ0) is 15.2. The molecule has 0 N–H and O–H groups in total. The number of hydrogen-bond donors (Lipinski definition) is 0.